The lowest BCUT2D eigenvalue weighted by Crippen LogP contribution is -2.12. The average Bonchev–Trinajstić information content (AvgIpc) is 2.83. The largest absolute Gasteiger partial charge is 0.380 e. The summed E-state index contributed by atoms with van der Waals surface area (Å²) in [6.45, 7) is 0.398. The highest BCUT2D eigenvalue weighted by Crippen LogP contribution is 2.26. The first-order valence-electron chi connectivity index (χ1n) is 6.09. The van der Waals surface area contributed by atoms with Crippen molar-refractivity contribution >= 4 is 45.9 Å². The number of halogens is 2. The number of nitrogens with zero attached hydrogens (tertiary/aromatic N) is 1. The number of aromatic nitrogens is 3. The predicted octanol–water partition coefficient (Wildman–Crippen LogP) is 2.75. The van der Waals surface area contributed by atoms with Crippen LogP contribution in [0.2, 0.25) is 10.0 Å². The lowest BCUT2D eigenvalue weighted by Gasteiger charge is -2.08. The fraction of sp³-hybridized carbons (Fsp3) is 0.0769. The van der Waals surface area contributed by atoms with Crippen molar-refractivity contribution in [2.75, 3.05) is 11.1 Å². The van der Waals surface area contributed by atoms with Gasteiger partial charge in [0.2, 0.25) is 5.95 Å². The van der Waals surface area contributed by atoms with Crippen molar-refractivity contribution in [3.05, 3.63) is 50.4 Å². The molecule has 0 bridgehead atoms. The first-order valence-corrected chi connectivity index (χ1v) is 6.85. The van der Waals surface area contributed by atoms with E-state index in [4.69, 9.17) is 28.9 Å². The standard InChI is InChI=1S/C13H11Cl2N5O/c14-7-1-2-8(15)9(3-7)17-4-6-5-18-11-10(6)12(21)20-13(16)19-11/h1-3,5,17H,4H2,(H4,16,18,19,20,21). The van der Waals surface area contributed by atoms with Crippen LogP contribution in [0, 0.1) is 0 Å². The summed E-state index contributed by atoms with van der Waals surface area (Å²) in [4.78, 5) is 21.4. The highest BCUT2D eigenvalue weighted by molar-refractivity contribution is 6.35. The van der Waals surface area contributed by atoms with Crippen LogP contribution in [0.4, 0.5) is 11.6 Å². The summed E-state index contributed by atoms with van der Waals surface area (Å²) in [5, 5.41) is 4.74. The molecule has 0 radical (unpaired) electrons. The minimum Gasteiger partial charge on any atom is -0.380 e. The van der Waals surface area contributed by atoms with Crippen molar-refractivity contribution in [1.29, 1.82) is 0 Å². The Bertz CT molecular complexity index is 871. The van der Waals surface area contributed by atoms with Gasteiger partial charge in [0.15, 0.2) is 0 Å². The molecule has 0 aliphatic carbocycles. The van der Waals surface area contributed by atoms with E-state index in [-0.39, 0.29) is 11.5 Å². The zero-order chi connectivity index (χ0) is 15.0. The second-order valence-corrected chi connectivity index (χ2v) is 5.31. The number of fused-ring (bicyclic) bond motifs is 1. The SMILES string of the molecule is Nc1nc2[nH]cc(CNc3cc(Cl)ccc3Cl)c2c(=O)[nH]1. The molecule has 0 unspecified atom stereocenters. The zero-order valence-electron chi connectivity index (χ0n) is 10.7. The number of nitrogens with two attached hydrogens (primary N) is 1. The average molecular weight is 324 g/mol. The topological polar surface area (TPSA) is 99.6 Å². The second kappa shape index (κ2) is 5.31. The van der Waals surface area contributed by atoms with Crippen LogP contribution in [-0.2, 0) is 6.54 Å². The summed E-state index contributed by atoms with van der Waals surface area (Å²) < 4.78 is 0. The first kappa shape index (κ1) is 13.8. The van der Waals surface area contributed by atoms with Gasteiger partial charge >= 0.3 is 0 Å². The van der Waals surface area contributed by atoms with Gasteiger partial charge in [-0.3, -0.25) is 9.78 Å². The number of hydrogen-bond donors (Lipinski definition) is 4. The van der Waals surface area contributed by atoms with Crippen LogP contribution in [0.1, 0.15) is 5.56 Å². The van der Waals surface area contributed by atoms with Gasteiger partial charge in [0.25, 0.3) is 5.56 Å². The van der Waals surface area contributed by atoms with E-state index >= 15 is 0 Å². The summed E-state index contributed by atoms with van der Waals surface area (Å²) in [6, 6.07) is 5.13. The van der Waals surface area contributed by atoms with Gasteiger partial charge in [-0.15, -0.1) is 0 Å². The van der Waals surface area contributed by atoms with Crippen LogP contribution in [-0.4, -0.2) is 15.0 Å². The van der Waals surface area contributed by atoms with Gasteiger partial charge < -0.3 is 16.0 Å². The number of hydrogen-bond acceptors (Lipinski definition) is 4. The molecule has 0 saturated carbocycles. The molecule has 5 N–H and O–H groups in total. The Balaban J connectivity index is 1.92. The molecular weight excluding hydrogens is 313 g/mol. The zero-order valence-corrected chi connectivity index (χ0v) is 12.2. The van der Waals surface area contributed by atoms with Crippen LogP contribution in [0.15, 0.2) is 29.2 Å². The molecule has 2 heterocycles. The molecule has 0 aliphatic heterocycles. The van der Waals surface area contributed by atoms with Crippen LogP contribution in [0.3, 0.4) is 0 Å². The molecule has 3 aromatic rings. The number of benzene rings is 1. The van der Waals surface area contributed by atoms with Crippen molar-refractivity contribution in [2.45, 2.75) is 6.54 Å². The van der Waals surface area contributed by atoms with Gasteiger partial charge in [-0.2, -0.15) is 4.98 Å². The van der Waals surface area contributed by atoms with Gasteiger partial charge in [0, 0.05) is 23.3 Å². The molecule has 0 spiro atoms. The van der Waals surface area contributed by atoms with Gasteiger partial charge in [0.05, 0.1) is 16.1 Å². The second-order valence-electron chi connectivity index (χ2n) is 4.47. The van der Waals surface area contributed by atoms with E-state index in [9.17, 15) is 4.79 Å². The maximum Gasteiger partial charge on any atom is 0.262 e. The van der Waals surface area contributed by atoms with Crippen molar-refractivity contribution in [1.82, 2.24) is 15.0 Å². The van der Waals surface area contributed by atoms with Crippen LogP contribution >= 0.6 is 23.2 Å². The van der Waals surface area contributed by atoms with Crippen LogP contribution in [0.25, 0.3) is 11.0 Å². The number of nitrogen functional groups attached to an aromatic ring is 1. The first-order chi connectivity index (χ1) is 10.0. The molecule has 108 valence electrons. The minimum atomic E-state index is -0.284. The molecule has 0 fully saturated rings. The molecule has 0 aliphatic rings. The lowest BCUT2D eigenvalue weighted by molar-refractivity contribution is 1.15. The number of nitrogens with one attached hydrogen (secondary N) is 3. The monoisotopic (exact) mass is 323 g/mol. The maximum atomic E-state index is 11.9. The van der Waals surface area contributed by atoms with Crippen LogP contribution in [0.5, 0.6) is 0 Å². The molecule has 8 heteroatoms. The molecule has 1 aromatic carbocycles. The molecular formula is C13H11Cl2N5O. The number of H-pyrrole nitrogens is 2. The summed E-state index contributed by atoms with van der Waals surface area (Å²) in [5.41, 5.74) is 7.12. The lowest BCUT2D eigenvalue weighted by atomic mass is 10.2. The maximum absolute atomic E-state index is 11.9. The van der Waals surface area contributed by atoms with E-state index in [2.05, 4.69) is 20.3 Å². The van der Waals surface area contributed by atoms with Crippen molar-refractivity contribution in [2.24, 2.45) is 0 Å². The molecule has 0 amide bonds. The Kier molecular flexibility index (Phi) is 3.48. The van der Waals surface area contributed by atoms with E-state index < -0.39 is 0 Å². The molecule has 0 atom stereocenters. The summed E-state index contributed by atoms with van der Waals surface area (Å²) >= 11 is 12.0. The van der Waals surface area contributed by atoms with Crippen molar-refractivity contribution in [3.8, 4) is 0 Å². The molecule has 0 saturated heterocycles. The number of anilines is 2. The van der Waals surface area contributed by atoms with E-state index in [1.807, 2.05) is 0 Å². The Hall–Kier alpha value is -2.18. The van der Waals surface area contributed by atoms with Crippen molar-refractivity contribution < 1.29 is 0 Å². The predicted molar refractivity (Wildman–Crippen MR) is 84.9 cm³/mol. The molecule has 6 nitrogen and oxygen atoms in total. The summed E-state index contributed by atoms with van der Waals surface area (Å²) in [5.74, 6) is 0.0757. The summed E-state index contributed by atoms with van der Waals surface area (Å²) in [7, 11) is 0. The third-order valence-electron chi connectivity index (χ3n) is 3.04. The van der Waals surface area contributed by atoms with Crippen LogP contribution < -0.4 is 16.6 Å². The number of aromatic amines is 2. The highest BCUT2D eigenvalue weighted by atomic mass is 35.5. The van der Waals surface area contributed by atoms with Gasteiger partial charge in [0.1, 0.15) is 5.65 Å². The van der Waals surface area contributed by atoms with Gasteiger partial charge in [-0.25, -0.2) is 0 Å². The third-order valence-corrected chi connectivity index (χ3v) is 3.60. The molecule has 3 rings (SSSR count). The Morgan fingerprint density at radius 2 is 2.14 bits per heavy atom. The van der Waals surface area contributed by atoms with E-state index in [0.717, 1.165) is 5.56 Å². The van der Waals surface area contributed by atoms with E-state index in [1.54, 1.807) is 24.4 Å². The van der Waals surface area contributed by atoms with Gasteiger partial charge in [-0.1, -0.05) is 23.2 Å². The third kappa shape index (κ3) is 2.68. The Morgan fingerprint density at radius 1 is 1.33 bits per heavy atom. The molecule has 21 heavy (non-hydrogen) atoms. The fourth-order valence-corrected chi connectivity index (χ4v) is 2.44. The van der Waals surface area contributed by atoms with E-state index in [1.165, 1.54) is 0 Å². The Labute approximate surface area is 129 Å². The fourth-order valence-electron chi connectivity index (χ4n) is 2.08. The normalized spacial score (nSPS) is 11.0. The van der Waals surface area contributed by atoms with Crippen molar-refractivity contribution in [3.63, 3.8) is 0 Å². The Morgan fingerprint density at radius 3 is 2.95 bits per heavy atom. The van der Waals surface area contributed by atoms with E-state index in [0.29, 0.717) is 33.3 Å². The quantitative estimate of drug-likeness (QED) is 0.595. The minimum absolute atomic E-state index is 0.0757. The summed E-state index contributed by atoms with van der Waals surface area (Å²) in [6.07, 6.45) is 1.71. The smallest absolute Gasteiger partial charge is 0.262 e. The van der Waals surface area contributed by atoms with Gasteiger partial charge in [-0.05, 0) is 18.2 Å². The highest BCUT2D eigenvalue weighted by Gasteiger charge is 2.10. The molecule has 2 aromatic heterocycles. The number of rotatable bonds is 3.